The second kappa shape index (κ2) is 10.3. The topological polar surface area (TPSA) is 54.2 Å². The lowest BCUT2D eigenvalue weighted by molar-refractivity contribution is -0.00542. The third-order valence-corrected chi connectivity index (χ3v) is 6.45. The quantitative estimate of drug-likeness (QED) is 0.504. The molecule has 1 aromatic heterocycles. The van der Waals surface area contributed by atoms with Crippen LogP contribution in [0, 0.1) is 18.6 Å². The standard InChI is InChI=1S/C22H24F2N4OS2/c1-3-27(21(30)31-11-17-6-4-5-16(2)9-17)12-22(29,13-28-15-25-14-26-28)19-8-7-18(23)10-20(19)24/h4-10,14-15,29H,3,11-13H2,1-2H3. The van der Waals surface area contributed by atoms with Crippen molar-refractivity contribution >= 4 is 28.3 Å². The zero-order chi connectivity index (χ0) is 22.4. The molecule has 0 aliphatic rings. The minimum atomic E-state index is -1.70. The fourth-order valence-electron chi connectivity index (χ4n) is 3.33. The molecule has 9 heteroatoms. The zero-order valence-corrected chi connectivity index (χ0v) is 19.0. The van der Waals surface area contributed by atoms with Gasteiger partial charge >= 0.3 is 0 Å². The highest BCUT2D eigenvalue weighted by Gasteiger charge is 2.36. The van der Waals surface area contributed by atoms with Crippen molar-refractivity contribution in [3.8, 4) is 0 Å². The summed E-state index contributed by atoms with van der Waals surface area (Å²) in [5.41, 5.74) is 0.598. The van der Waals surface area contributed by atoms with E-state index in [1.54, 1.807) is 0 Å². The van der Waals surface area contributed by atoms with E-state index in [1.807, 2.05) is 36.9 Å². The van der Waals surface area contributed by atoms with Crippen molar-refractivity contribution in [3.63, 3.8) is 0 Å². The number of halogens is 2. The molecule has 1 heterocycles. The van der Waals surface area contributed by atoms with E-state index in [9.17, 15) is 13.9 Å². The molecule has 2 aromatic carbocycles. The molecule has 0 aliphatic carbocycles. The van der Waals surface area contributed by atoms with Crippen LogP contribution in [0.1, 0.15) is 23.6 Å². The SMILES string of the molecule is CCN(CC(O)(Cn1cncn1)c1ccc(F)cc1F)C(=S)SCc1cccc(C)c1. The van der Waals surface area contributed by atoms with Crippen LogP contribution in [0.15, 0.2) is 55.1 Å². The highest BCUT2D eigenvalue weighted by molar-refractivity contribution is 8.22. The monoisotopic (exact) mass is 462 g/mol. The zero-order valence-electron chi connectivity index (χ0n) is 17.3. The van der Waals surface area contributed by atoms with Gasteiger partial charge in [-0.3, -0.25) is 0 Å². The largest absolute Gasteiger partial charge is 0.381 e. The van der Waals surface area contributed by atoms with E-state index in [4.69, 9.17) is 12.2 Å². The molecule has 0 spiro atoms. The van der Waals surface area contributed by atoms with Crippen molar-refractivity contribution in [3.05, 3.63) is 83.4 Å². The van der Waals surface area contributed by atoms with Crippen LogP contribution in [0.25, 0.3) is 0 Å². The van der Waals surface area contributed by atoms with Crippen LogP contribution in [-0.4, -0.2) is 42.2 Å². The Morgan fingerprint density at radius 1 is 1.26 bits per heavy atom. The number of thiocarbonyl (C=S) groups is 1. The van der Waals surface area contributed by atoms with Gasteiger partial charge in [0.15, 0.2) is 0 Å². The Morgan fingerprint density at radius 3 is 2.71 bits per heavy atom. The minimum absolute atomic E-state index is 0.0191. The van der Waals surface area contributed by atoms with Gasteiger partial charge in [0.25, 0.3) is 0 Å². The summed E-state index contributed by atoms with van der Waals surface area (Å²) in [6.45, 7) is 4.42. The summed E-state index contributed by atoms with van der Waals surface area (Å²) in [7, 11) is 0. The van der Waals surface area contributed by atoms with Crippen molar-refractivity contribution in [2.45, 2.75) is 31.7 Å². The minimum Gasteiger partial charge on any atom is -0.381 e. The van der Waals surface area contributed by atoms with Gasteiger partial charge in [0, 0.05) is 23.9 Å². The van der Waals surface area contributed by atoms with Crippen LogP contribution >= 0.6 is 24.0 Å². The molecule has 1 N–H and O–H groups in total. The summed E-state index contributed by atoms with van der Waals surface area (Å²) in [4.78, 5) is 5.70. The van der Waals surface area contributed by atoms with E-state index in [-0.39, 0.29) is 18.7 Å². The molecule has 31 heavy (non-hydrogen) atoms. The van der Waals surface area contributed by atoms with Gasteiger partial charge in [0.05, 0.1) is 13.1 Å². The summed E-state index contributed by atoms with van der Waals surface area (Å²) in [6, 6.07) is 11.3. The lowest BCUT2D eigenvalue weighted by atomic mass is 9.92. The Bertz CT molecular complexity index is 1030. The third-order valence-electron chi connectivity index (χ3n) is 4.86. The van der Waals surface area contributed by atoms with Crippen LogP contribution in [0.4, 0.5) is 8.78 Å². The lowest BCUT2D eigenvalue weighted by Crippen LogP contribution is -2.46. The first kappa shape index (κ1) is 23.3. The Hall–Kier alpha value is -2.36. The molecule has 3 aromatic rings. The molecule has 1 unspecified atom stereocenters. The smallest absolute Gasteiger partial charge is 0.137 e. The molecule has 3 rings (SSSR count). The van der Waals surface area contributed by atoms with Crippen molar-refractivity contribution < 1.29 is 13.9 Å². The van der Waals surface area contributed by atoms with Gasteiger partial charge in [-0.2, -0.15) is 5.10 Å². The lowest BCUT2D eigenvalue weighted by Gasteiger charge is -2.35. The maximum Gasteiger partial charge on any atom is 0.137 e. The second-order valence-corrected chi connectivity index (χ2v) is 8.92. The fourth-order valence-corrected chi connectivity index (χ4v) is 4.55. The molecule has 0 aliphatic heterocycles. The number of likely N-dealkylation sites (N-methyl/N-ethyl adjacent to an activating group) is 1. The van der Waals surface area contributed by atoms with Gasteiger partial charge in [-0.15, -0.1) is 0 Å². The molecule has 0 amide bonds. The van der Waals surface area contributed by atoms with Gasteiger partial charge < -0.3 is 10.0 Å². The van der Waals surface area contributed by atoms with Crippen LogP contribution in [0.3, 0.4) is 0 Å². The number of hydrogen-bond acceptors (Lipinski definition) is 5. The van der Waals surface area contributed by atoms with E-state index >= 15 is 0 Å². The van der Waals surface area contributed by atoms with E-state index in [0.717, 1.165) is 17.7 Å². The second-order valence-electron chi connectivity index (χ2n) is 7.31. The van der Waals surface area contributed by atoms with Gasteiger partial charge in [0.2, 0.25) is 0 Å². The summed E-state index contributed by atoms with van der Waals surface area (Å²) < 4.78 is 30.1. The predicted molar refractivity (Wildman–Crippen MR) is 123 cm³/mol. The highest BCUT2D eigenvalue weighted by atomic mass is 32.2. The average molecular weight is 463 g/mol. The first-order valence-electron chi connectivity index (χ1n) is 9.78. The number of nitrogens with zero attached hydrogens (tertiary/aromatic N) is 4. The number of aromatic nitrogens is 3. The molecule has 0 bridgehead atoms. The van der Waals surface area contributed by atoms with Crippen LogP contribution in [0.2, 0.25) is 0 Å². The normalized spacial score (nSPS) is 13.1. The molecule has 0 fully saturated rings. The van der Waals surface area contributed by atoms with Crippen molar-refractivity contribution in [1.29, 1.82) is 0 Å². The molecule has 0 saturated heterocycles. The van der Waals surface area contributed by atoms with E-state index in [2.05, 4.69) is 16.1 Å². The third kappa shape index (κ3) is 6.09. The number of benzene rings is 2. The number of hydrogen-bond donors (Lipinski definition) is 1. The molecule has 0 saturated carbocycles. The maximum absolute atomic E-state index is 14.6. The van der Waals surface area contributed by atoms with Gasteiger partial charge in [-0.25, -0.2) is 18.4 Å². The maximum atomic E-state index is 14.6. The molecular formula is C22H24F2N4OS2. The predicted octanol–water partition coefficient (Wildman–Crippen LogP) is 4.29. The number of rotatable bonds is 8. The Labute approximate surface area is 190 Å². The van der Waals surface area contributed by atoms with Crippen molar-refractivity contribution in [2.75, 3.05) is 13.1 Å². The number of aryl methyl sites for hydroxylation is 1. The van der Waals surface area contributed by atoms with E-state index in [0.29, 0.717) is 16.6 Å². The first-order chi connectivity index (χ1) is 14.8. The molecule has 164 valence electrons. The molecule has 0 radical (unpaired) electrons. The fraction of sp³-hybridized carbons (Fsp3) is 0.318. The van der Waals surface area contributed by atoms with Gasteiger partial charge in [0.1, 0.15) is 34.2 Å². The highest BCUT2D eigenvalue weighted by Crippen LogP contribution is 2.29. The summed E-state index contributed by atoms with van der Waals surface area (Å²) in [5.74, 6) is -0.846. The molecule has 5 nitrogen and oxygen atoms in total. The van der Waals surface area contributed by atoms with Gasteiger partial charge in [-0.05, 0) is 25.5 Å². The summed E-state index contributed by atoms with van der Waals surface area (Å²) in [5, 5.41) is 15.6. The van der Waals surface area contributed by atoms with Crippen LogP contribution in [0.5, 0.6) is 0 Å². The first-order valence-corrected chi connectivity index (χ1v) is 11.2. The Kier molecular flexibility index (Phi) is 7.74. The molecule has 1 atom stereocenters. The van der Waals surface area contributed by atoms with E-state index in [1.165, 1.54) is 40.7 Å². The summed E-state index contributed by atoms with van der Waals surface area (Å²) in [6.07, 6.45) is 2.77. The van der Waals surface area contributed by atoms with Crippen LogP contribution in [-0.2, 0) is 17.9 Å². The molecular weight excluding hydrogens is 438 g/mol. The Balaban J connectivity index is 1.81. The Morgan fingerprint density at radius 2 is 2.06 bits per heavy atom. The van der Waals surface area contributed by atoms with Gasteiger partial charge in [-0.1, -0.05) is 59.9 Å². The van der Waals surface area contributed by atoms with E-state index < -0.39 is 17.2 Å². The number of aliphatic hydroxyl groups is 1. The van der Waals surface area contributed by atoms with Crippen molar-refractivity contribution in [1.82, 2.24) is 19.7 Å². The van der Waals surface area contributed by atoms with Crippen molar-refractivity contribution in [2.24, 2.45) is 0 Å². The van der Waals surface area contributed by atoms with Crippen LogP contribution < -0.4 is 0 Å². The summed E-state index contributed by atoms with van der Waals surface area (Å²) >= 11 is 7.09. The number of thioether (sulfide) groups is 1. The average Bonchev–Trinajstić information content (AvgIpc) is 3.23.